The molecule has 3 aliphatic carbocycles. The molecule has 7 heteroatoms. The first-order chi connectivity index (χ1) is 15.5. The highest BCUT2D eigenvalue weighted by molar-refractivity contribution is 5.89. The smallest absolute Gasteiger partial charge is 0.407 e. The Morgan fingerprint density at radius 1 is 0.938 bits per heavy atom. The van der Waals surface area contributed by atoms with E-state index in [1.165, 1.54) is 6.42 Å². The fourth-order valence-corrected chi connectivity index (χ4v) is 5.30. The summed E-state index contributed by atoms with van der Waals surface area (Å²) in [6.45, 7) is 0.104. The molecule has 0 aliphatic heterocycles. The molecule has 5 rings (SSSR count). The quantitative estimate of drug-likeness (QED) is 0.620. The lowest BCUT2D eigenvalue weighted by Crippen LogP contribution is -2.50. The molecule has 2 fully saturated rings. The van der Waals surface area contributed by atoms with Gasteiger partial charge >= 0.3 is 12.1 Å². The minimum atomic E-state index is -1.17. The molecule has 3 unspecified atom stereocenters. The number of aliphatic carboxylic acids is 1. The fourth-order valence-electron chi connectivity index (χ4n) is 5.30. The Bertz CT molecular complexity index is 1010. The van der Waals surface area contributed by atoms with Gasteiger partial charge in [0.15, 0.2) is 0 Å². The first-order valence-electron chi connectivity index (χ1n) is 11.1. The topological polar surface area (TPSA) is 105 Å². The number of carboxylic acid groups (broad SMARTS) is 1. The number of ether oxygens (including phenoxy) is 1. The van der Waals surface area contributed by atoms with E-state index in [4.69, 9.17) is 4.74 Å². The summed E-state index contributed by atoms with van der Waals surface area (Å²) in [5, 5.41) is 14.6. The monoisotopic (exact) mass is 434 g/mol. The zero-order valence-electron chi connectivity index (χ0n) is 17.6. The number of benzene rings is 2. The van der Waals surface area contributed by atoms with Crippen molar-refractivity contribution >= 4 is 18.0 Å². The number of carbonyl (C=O) groups is 3. The van der Waals surface area contributed by atoms with E-state index in [9.17, 15) is 19.5 Å². The summed E-state index contributed by atoms with van der Waals surface area (Å²) in [6, 6.07) is 14.9. The van der Waals surface area contributed by atoms with Crippen molar-refractivity contribution < 1.29 is 24.2 Å². The van der Waals surface area contributed by atoms with Gasteiger partial charge in [0, 0.05) is 12.0 Å². The van der Waals surface area contributed by atoms with Gasteiger partial charge in [-0.15, -0.1) is 0 Å². The van der Waals surface area contributed by atoms with E-state index >= 15 is 0 Å². The number of fused-ring (bicyclic) bond motifs is 4. The van der Waals surface area contributed by atoms with E-state index < -0.39 is 30.4 Å². The summed E-state index contributed by atoms with van der Waals surface area (Å²) in [5.41, 5.74) is 4.41. The van der Waals surface area contributed by atoms with Gasteiger partial charge in [0.05, 0.1) is 6.42 Å². The predicted octanol–water partition coefficient (Wildman–Crippen LogP) is 3.28. The van der Waals surface area contributed by atoms with E-state index in [1.807, 2.05) is 36.4 Å². The Morgan fingerprint density at radius 2 is 1.53 bits per heavy atom. The SMILES string of the molecule is O=C(O)CC(NC(=O)OCC1c2ccccc2-c2ccccc21)C(=O)NC1CC2CC2C1. The van der Waals surface area contributed by atoms with Crippen LogP contribution >= 0.6 is 0 Å². The lowest BCUT2D eigenvalue weighted by atomic mass is 9.98. The summed E-state index contributed by atoms with van der Waals surface area (Å²) in [7, 11) is 0. The third kappa shape index (κ3) is 4.07. The van der Waals surface area contributed by atoms with Crippen LogP contribution in [0.15, 0.2) is 48.5 Å². The number of carbonyl (C=O) groups excluding carboxylic acids is 2. The van der Waals surface area contributed by atoms with Gasteiger partial charge in [0.1, 0.15) is 12.6 Å². The van der Waals surface area contributed by atoms with Crippen LogP contribution in [0.3, 0.4) is 0 Å². The number of hydrogen-bond acceptors (Lipinski definition) is 4. The minimum Gasteiger partial charge on any atom is -0.481 e. The Kier molecular flexibility index (Phi) is 5.33. The maximum Gasteiger partial charge on any atom is 0.407 e. The Hall–Kier alpha value is -3.35. The fraction of sp³-hybridized carbons (Fsp3) is 0.400. The number of carboxylic acids is 1. The van der Waals surface area contributed by atoms with Crippen LogP contribution in [-0.4, -0.2) is 41.8 Å². The average Bonchev–Trinajstić information content (AvgIpc) is 3.25. The number of hydrogen-bond donors (Lipinski definition) is 3. The molecule has 3 atom stereocenters. The van der Waals surface area contributed by atoms with Gasteiger partial charge in [0.2, 0.25) is 5.91 Å². The molecule has 0 saturated heterocycles. The molecule has 0 bridgehead atoms. The van der Waals surface area contributed by atoms with Crippen molar-refractivity contribution in [2.75, 3.05) is 6.61 Å². The standard InChI is InChI=1S/C25H26N2O5/c28-23(29)12-22(24(30)26-16-10-14-9-15(14)11-16)27-25(31)32-13-21-19-7-3-1-5-17(19)18-6-2-4-8-20(18)21/h1-8,14-16,21-22H,9-13H2,(H,26,30)(H,27,31)(H,28,29). The van der Waals surface area contributed by atoms with Crippen molar-refractivity contribution in [2.45, 2.75) is 43.7 Å². The van der Waals surface area contributed by atoms with Crippen molar-refractivity contribution in [3.8, 4) is 11.1 Å². The average molecular weight is 434 g/mol. The number of nitrogens with one attached hydrogen (secondary N) is 2. The maximum atomic E-state index is 12.6. The third-order valence-electron chi connectivity index (χ3n) is 6.92. The molecule has 166 valence electrons. The van der Waals surface area contributed by atoms with Gasteiger partial charge in [-0.3, -0.25) is 9.59 Å². The van der Waals surface area contributed by atoms with Crippen LogP contribution in [0.1, 0.15) is 42.7 Å². The normalized spacial score (nSPS) is 23.4. The van der Waals surface area contributed by atoms with Gasteiger partial charge in [-0.1, -0.05) is 48.5 Å². The predicted molar refractivity (Wildman–Crippen MR) is 117 cm³/mol. The second kappa shape index (κ2) is 8.30. The van der Waals surface area contributed by atoms with Crippen molar-refractivity contribution in [1.29, 1.82) is 0 Å². The van der Waals surface area contributed by atoms with Crippen LogP contribution in [0.5, 0.6) is 0 Å². The second-order valence-corrected chi connectivity index (χ2v) is 9.05. The summed E-state index contributed by atoms with van der Waals surface area (Å²) >= 11 is 0. The number of alkyl carbamates (subject to hydrolysis) is 1. The Morgan fingerprint density at radius 3 is 2.12 bits per heavy atom. The molecule has 0 aromatic heterocycles. The molecule has 0 heterocycles. The zero-order chi connectivity index (χ0) is 22.2. The third-order valence-corrected chi connectivity index (χ3v) is 6.92. The lowest BCUT2D eigenvalue weighted by molar-refractivity contribution is -0.140. The molecule has 7 nitrogen and oxygen atoms in total. The summed E-state index contributed by atoms with van der Waals surface area (Å²) in [5.74, 6) is -0.350. The van der Waals surface area contributed by atoms with Crippen molar-refractivity contribution in [1.82, 2.24) is 10.6 Å². The van der Waals surface area contributed by atoms with Gasteiger partial charge < -0.3 is 20.5 Å². The van der Waals surface area contributed by atoms with Gasteiger partial charge in [-0.2, -0.15) is 0 Å². The maximum absolute atomic E-state index is 12.6. The largest absolute Gasteiger partial charge is 0.481 e. The number of rotatable bonds is 7. The highest BCUT2D eigenvalue weighted by atomic mass is 16.5. The van der Waals surface area contributed by atoms with Crippen LogP contribution < -0.4 is 10.6 Å². The molecule has 2 amide bonds. The zero-order valence-corrected chi connectivity index (χ0v) is 17.6. The number of amides is 2. The van der Waals surface area contributed by atoms with Gasteiger partial charge in [0.25, 0.3) is 0 Å². The lowest BCUT2D eigenvalue weighted by Gasteiger charge is -2.21. The Labute approximate surface area is 186 Å². The minimum absolute atomic E-state index is 0.0619. The molecule has 3 aliphatic rings. The molecule has 2 saturated carbocycles. The van der Waals surface area contributed by atoms with Crippen molar-refractivity contribution in [3.63, 3.8) is 0 Å². The molecule has 2 aromatic carbocycles. The van der Waals surface area contributed by atoms with Crippen LogP contribution in [0.4, 0.5) is 4.79 Å². The van der Waals surface area contributed by atoms with Crippen molar-refractivity contribution in [3.05, 3.63) is 59.7 Å². The molecular formula is C25H26N2O5. The molecule has 2 aromatic rings. The molecule has 32 heavy (non-hydrogen) atoms. The van der Waals surface area contributed by atoms with Crippen LogP contribution in [0.25, 0.3) is 11.1 Å². The highest BCUT2D eigenvalue weighted by Crippen LogP contribution is 2.51. The molecule has 3 N–H and O–H groups in total. The van der Waals surface area contributed by atoms with Crippen LogP contribution in [0.2, 0.25) is 0 Å². The molecular weight excluding hydrogens is 408 g/mol. The summed E-state index contributed by atoms with van der Waals surface area (Å²) in [6.07, 6.45) is 1.81. The molecule has 0 radical (unpaired) electrons. The molecule has 0 spiro atoms. The van der Waals surface area contributed by atoms with E-state index in [2.05, 4.69) is 22.8 Å². The first-order valence-corrected chi connectivity index (χ1v) is 11.1. The van der Waals surface area contributed by atoms with Crippen molar-refractivity contribution in [2.24, 2.45) is 11.8 Å². The Balaban J connectivity index is 1.22. The van der Waals surface area contributed by atoms with Gasteiger partial charge in [-0.05, 0) is 53.4 Å². The summed E-state index contributed by atoms with van der Waals surface area (Å²) in [4.78, 5) is 36.4. The van der Waals surface area contributed by atoms with Crippen LogP contribution in [0, 0.1) is 11.8 Å². The van der Waals surface area contributed by atoms with Crippen LogP contribution in [-0.2, 0) is 14.3 Å². The summed E-state index contributed by atoms with van der Waals surface area (Å²) < 4.78 is 5.47. The van der Waals surface area contributed by atoms with E-state index in [1.54, 1.807) is 0 Å². The first kappa shape index (κ1) is 20.5. The van der Waals surface area contributed by atoms with E-state index in [0.717, 1.165) is 35.1 Å². The highest BCUT2D eigenvalue weighted by Gasteiger charge is 2.46. The second-order valence-electron chi connectivity index (χ2n) is 9.05. The van der Waals surface area contributed by atoms with Gasteiger partial charge in [-0.25, -0.2) is 4.79 Å². The van der Waals surface area contributed by atoms with E-state index in [0.29, 0.717) is 11.8 Å². The van der Waals surface area contributed by atoms with E-state index in [-0.39, 0.29) is 18.6 Å².